The number of rotatable bonds is 6. The molecular weight excluding hydrogens is 397 g/mol. The zero-order valence-corrected chi connectivity index (χ0v) is 16.0. The standard InChI is InChI=1S/C22H19F3N2O3/c1-14-4-2-6-16(10-14)19-9-8-18(21(29)27-19)20(28)26-12-15-5-3-7-17(11-15)30-13-22(23,24)25/h2-11H,12-13H2,1H3,(H,26,28)(H,27,29). The van der Waals surface area contributed by atoms with Crippen LogP contribution in [0.25, 0.3) is 11.3 Å². The van der Waals surface area contributed by atoms with Crippen LogP contribution in [0.4, 0.5) is 13.2 Å². The average molecular weight is 416 g/mol. The molecule has 0 aliphatic rings. The van der Waals surface area contributed by atoms with Crippen molar-refractivity contribution in [1.29, 1.82) is 0 Å². The van der Waals surface area contributed by atoms with Crippen LogP contribution in [0.15, 0.2) is 65.5 Å². The highest BCUT2D eigenvalue weighted by molar-refractivity contribution is 5.94. The van der Waals surface area contributed by atoms with Gasteiger partial charge in [0.1, 0.15) is 11.3 Å². The first-order valence-corrected chi connectivity index (χ1v) is 9.08. The van der Waals surface area contributed by atoms with Crippen molar-refractivity contribution in [2.75, 3.05) is 6.61 Å². The van der Waals surface area contributed by atoms with Crippen LogP contribution in [0.2, 0.25) is 0 Å². The molecule has 0 unspecified atom stereocenters. The fourth-order valence-electron chi connectivity index (χ4n) is 2.82. The highest BCUT2D eigenvalue weighted by atomic mass is 19.4. The van der Waals surface area contributed by atoms with E-state index < -0.39 is 24.2 Å². The number of H-pyrrole nitrogens is 1. The quantitative estimate of drug-likeness (QED) is 0.632. The van der Waals surface area contributed by atoms with Crippen LogP contribution >= 0.6 is 0 Å². The van der Waals surface area contributed by atoms with Gasteiger partial charge in [0.25, 0.3) is 11.5 Å². The maximum atomic E-state index is 12.4. The zero-order valence-electron chi connectivity index (χ0n) is 16.0. The number of hydrogen-bond donors (Lipinski definition) is 2. The molecule has 1 amide bonds. The Morgan fingerprint density at radius 2 is 1.83 bits per heavy atom. The number of aryl methyl sites for hydroxylation is 1. The van der Waals surface area contributed by atoms with E-state index in [1.807, 2.05) is 31.2 Å². The smallest absolute Gasteiger partial charge is 0.422 e. The van der Waals surface area contributed by atoms with Crippen molar-refractivity contribution in [2.45, 2.75) is 19.6 Å². The first-order chi connectivity index (χ1) is 14.2. The Balaban J connectivity index is 1.66. The number of pyridine rings is 1. The molecular formula is C22H19F3N2O3. The van der Waals surface area contributed by atoms with E-state index in [1.54, 1.807) is 12.1 Å². The second-order valence-electron chi connectivity index (χ2n) is 6.72. The van der Waals surface area contributed by atoms with Crippen molar-refractivity contribution in [2.24, 2.45) is 0 Å². The van der Waals surface area contributed by atoms with Crippen LogP contribution in [0, 0.1) is 6.92 Å². The summed E-state index contributed by atoms with van der Waals surface area (Å²) in [5.41, 5.74) is 2.40. The van der Waals surface area contributed by atoms with Crippen molar-refractivity contribution in [3.63, 3.8) is 0 Å². The highest BCUT2D eigenvalue weighted by Crippen LogP contribution is 2.20. The summed E-state index contributed by atoms with van der Waals surface area (Å²) in [6.45, 7) is 0.569. The lowest BCUT2D eigenvalue weighted by atomic mass is 10.1. The molecule has 156 valence electrons. The normalized spacial score (nSPS) is 11.2. The molecule has 0 spiro atoms. The maximum absolute atomic E-state index is 12.4. The summed E-state index contributed by atoms with van der Waals surface area (Å²) in [5.74, 6) is -0.548. The molecule has 2 aromatic carbocycles. The molecule has 0 aliphatic carbocycles. The van der Waals surface area contributed by atoms with E-state index >= 15 is 0 Å². The minimum atomic E-state index is -4.43. The Morgan fingerprint density at radius 3 is 2.53 bits per heavy atom. The van der Waals surface area contributed by atoms with Crippen LogP contribution in [0.5, 0.6) is 5.75 Å². The van der Waals surface area contributed by atoms with Crippen LogP contribution < -0.4 is 15.6 Å². The average Bonchev–Trinajstić information content (AvgIpc) is 2.70. The van der Waals surface area contributed by atoms with Gasteiger partial charge in [-0.1, -0.05) is 35.9 Å². The van der Waals surface area contributed by atoms with Gasteiger partial charge in [0.2, 0.25) is 0 Å². The number of halogens is 3. The first kappa shape index (κ1) is 21.2. The molecule has 0 saturated carbocycles. The lowest BCUT2D eigenvalue weighted by molar-refractivity contribution is -0.153. The minimum absolute atomic E-state index is 0.0289. The third-order valence-electron chi connectivity index (χ3n) is 4.24. The summed E-state index contributed by atoms with van der Waals surface area (Å²) in [4.78, 5) is 27.4. The summed E-state index contributed by atoms with van der Waals surface area (Å²) in [7, 11) is 0. The lowest BCUT2D eigenvalue weighted by Crippen LogP contribution is -2.29. The van der Waals surface area contributed by atoms with Crippen molar-refractivity contribution < 1.29 is 22.7 Å². The van der Waals surface area contributed by atoms with E-state index in [-0.39, 0.29) is 17.9 Å². The molecule has 0 atom stereocenters. The predicted octanol–water partition coefficient (Wildman–Crippen LogP) is 4.22. The number of aromatic nitrogens is 1. The Morgan fingerprint density at radius 1 is 1.07 bits per heavy atom. The van der Waals surface area contributed by atoms with Crippen LogP contribution in [0.3, 0.4) is 0 Å². The Kier molecular flexibility index (Phi) is 6.25. The van der Waals surface area contributed by atoms with Crippen molar-refractivity contribution in [1.82, 2.24) is 10.3 Å². The number of ether oxygens (including phenoxy) is 1. The second-order valence-corrected chi connectivity index (χ2v) is 6.72. The van der Waals surface area contributed by atoms with Gasteiger partial charge in [-0.2, -0.15) is 13.2 Å². The van der Waals surface area contributed by atoms with Crippen molar-refractivity contribution >= 4 is 5.91 Å². The molecule has 0 bridgehead atoms. The maximum Gasteiger partial charge on any atom is 0.422 e. The summed E-state index contributed by atoms with van der Waals surface area (Å²) in [5, 5.41) is 2.59. The molecule has 2 N–H and O–H groups in total. The van der Waals surface area contributed by atoms with Gasteiger partial charge < -0.3 is 15.0 Å². The van der Waals surface area contributed by atoms with Gasteiger partial charge >= 0.3 is 6.18 Å². The third-order valence-corrected chi connectivity index (χ3v) is 4.24. The number of hydrogen-bond acceptors (Lipinski definition) is 3. The fraction of sp³-hybridized carbons (Fsp3) is 0.182. The molecule has 8 heteroatoms. The first-order valence-electron chi connectivity index (χ1n) is 9.08. The Labute approximate surface area is 170 Å². The summed E-state index contributed by atoms with van der Waals surface area (Å²) in [6.07, 6.45) is -4.43. The summed E-state index contributed by atoms with van der Waals surface area (Å²) < 4.78 is 41.5. The van der Waals surface area contributed by atoms with Crippen LogP contribution in [-0.4, -0.2) is 23.7 Å². The van der Waals surface area contributed by atoms with Crippen LogP contribution in [0.1, 0.15) is 21.5 Å². The van der Waals surface area contributed by atoms with Crippen molar-refractivity contribution in [3.8, 4) is 17.0 Å². The van der Waals surface area contributed by atoms with Gasteiger partial charge in [-0.25, -0.2) is 0 Å². The SMILES string of the molecule is Cc1cccc(-c2ccc(C(=O)NCc3cccc(OCC(F)(F)F)c3)c(=O)[nH]2)c1. The molecule has 1 aromatic heterocycles. The minimum Gasteiger partial charge on any atom is -0.484 e. The van der Waals surface area contributed by atoms with Crippen molar-refractivity contribution in [3.05, 3.63) is 87.7 Å². The molecule has 1 heterocycles. The van der Waals surface area contributed by atoms with E-state index in [0.717, 1.165) is 11.1 Å². The molecule has 0 radical (unpaired) electrons. The van der Waals surface area contributed by atoms with Gasteiger partial charge in [0.15, 0.2) is 6.61 Å². The molecule has 3 aromatic rings. The zero-order chi connectivity index (χ0) is 21.7. The lowest BCUT2D eigenvalue weighted by Gasteiger charge is -2.11. The van der Waals surface area contributed by atoms with Gasteiger partial charge in [-0.15, -0.1) is 0 Å². The van der Waals surface area contributed by atoms with Gasteiger partial charge in [0.05, 0.1) is 0 Å². The Hall–Kier alpha value is -3.55. The Bertz CT molecular complexity index is 1110. The van der Waals surface area contributed by atoms with Crippen LogP contribution in [-0.2, 0) is 6.54 Å². The van der Waals surface area contributed by atoms with E-state index in [4.69, 9.17) is 4.74 Å². The summed E-state index contributed by atoms with van der Waals surface area (Å²) in [6, 6.07) is 16.6. The number of carbonyl (C=O) groups is 1. The topological polar surface area (TPSA) is 71.2 Å². The van der Waals surface area contributed by atoms with Gasteiger partial charge in [-0.05, 0) is 48.4 Å². The van der Waals surface area contributed by atoms with Gasteiger partial charge in [0, 0.05) is 12.2 Å². The largest absolute Gasteiger partial charge is 0.484 e. The molecule has 30 heavy (non-hydrogen) atoms. The number of benzene rings is 2. The number of aromatic amines is 1. The summed E-state index contributed by atoms with van der Waals surface area (Å²) >= 11 is 0. The fourth-order valence-corrected chi connectivity index (χ4v) is 2.82. The van der Waals surface area contributed by atoms with E-state index in [9.17, 15) is 22.8 Å². The highest BCUT2D eigenvalue weighted by Gasteiger charge is 2.28. The molecule has 0 saturated heterocycles. The number of alkyl halides is 3. The van der Waals surface area contributed by atoms with E-state index in [1.165, 1.54) is 24.3 Å². The second kappa shape index (κ2) is 8.86. The molecule has 3 rings (SSSR count). The number of amides is 1. The molecule has 5 nitrogen and oxygen atoms in total. The van der Waals surface area contributed by atoms with E-state index in [2.05, 4.69) is 10.3 Å². The molecule has 0 fully saturated rings. The van der Waals surface area contributed by atoms with Gasteiger partial charge in [-0.3, -0.25) is 9.59 Å². The number of nitrogens with one attached hydrogen (secondary N) is 2. The monoisotopic (exact) mass is 416 g/mol. The van der Waals surface area contributed by atoms with E-state index in [0.29, 0.717) is 11.3 Å². The predicted molar refractivity (Wildman–Crippen MR) is 106 cm³/mol. The third kappa shape index (κ3) is 5.73. The number of carbonyl (C=O) groups excluding carboxylic acids is 1. The molecule has 0 aliphatic heterocycles.